The van der Waals surface area contributed by atoms with E-state index in [1.165, 1.54) is 23.1 Å². The zero-order chi connectivity index (χ0) is 30.0. The highest BCUT2D eigenvalue weighted by atomic mass is 16.6. The monoisotopic (exact) mass is 559 g/mol. The fraction of sp³-hybridized carbons (Fsp3) is 0.281. The van der Waals surface area contributed by atoms with Crippen LogP contribution in [-0.4, -0.2) is 53.2 Å². The molecular formula is C32H37N3O6. The van der Waals surface area contributed by atoms with Gasteiger partial charge in [-0.2, -0.15) is 0 Å². The van der Waals surface area contributed by atoms with Crippen LogP contribution in [0.2, 0.25) is 0 Å². The van der Waals surface area contributed by atoms with E-state index >= 15 is 0 Å². The zero-order valence-corrected chi connectivity index (χ0v) is 23.8. The lowest BCUT2D eigenvalue weighted by Gasteiger charge is -2.34. The van der Waals surface area contributed by atoms with Crippen molar-refractivity contribution in [2.45, 2.75) is 44.9 Å². The van der Waals surface area contributed by atoms with Crippen LogP contribution in [0.4, 0.5) is 10.5 Å². The van der Waals surface area contributed by atoms with E-state index in [0.717, 1.165) is 5.56 Å². The first-order valence-electron chi connectivity index (χ1n) is 13.2. The second-order valence-electron chi connectivity index (χ2n) is 10.4. The van der Waals surface area contributed by atoms with E-state index in [-0.39, 0.29) is 18.7 Å². The van der Waals surface area contributed by atoms with Crippen LogP contribution in [-0.2, 0) is 20.7 Å². The number of nitrogens with zero attached hydrogens (tertiary/aromatic N) is 1. The van der Waals surface area contributed by atoms with E-state index in [9.17, 15) is 19.5 Å². The minimum absolute atomic E-state index is 0.00168. The number of hydrogen-bond donors (Lipinski definition) is 3. The quantitative estimate of drug-likeness (QED) is 0.277. The summed E-state index contributed by atoms with van der Waals surface area (Å²) < 4.78 is 10.6. The van der Waals surface area contributed by atoms with Gasteiger partial charge in [-0.25, -0.2) is 4.79 Å². The van der Waals surface area contributed by atoms with Crippen LogP contribution < -0.4 is 15.4 Å². The van der Waals surface area contributed by atoms with Crippen molar-refractivity contribution in [2.24, 2.45) is 0 Å². The van der Waals surface area contributed by atoms with Gasteiger partial charge in [0.15, 0.2) is 0 Å². The first-order chi connectivity index (χ1) is 19.5. The Morgan fingerprint density at radius 1 is 0.976 bits per heavy atom. The molecule has 0 heterocycles. The minimum atomic E-state index is -1.12. The van der Waals surface area contributed by atoms with Gasteiger partial charge < -0.3 is 30.1 Å². The van der Waals surface area contributed by atoms with Crippen molar-refractivity contribution in [3.05, 3.63) is 103 Å². The first-order valence-corrected chi connectivity index (χ1v) is 13.2. The summed E-state index contributed by atoms with van der Waals surface area (Å²) in [5, 5.41) is 15.5. The van der Waals surface area contributed by atoms with Gasteiger partial charge in [0.05, 0.1) is 7.11 Å². The SMILES string of the molecule is C=CCN(C(=O)C(Cc1ccccc1)NC(=O)OC(C)(C)C)C(C(=O)Nc1ccc(OC)cc1)c1ccc(O)cc1. The Morgan fingerprint density at radius 3 is 2.17 bits per heavy atom. The van der Waals surface area contributed by atoms with E-state index in [1.807, 2.05) is 30.3 Å². The number of anilines is 1. The molecule has 2 atom stereocenters. The molecule has 216 valence electrons. The Bertz CT molecular complexity index is 1320. The third-order valence-corrected chi connectivity index (χ3v) is 6.01. The molecular weight excluding hydrogens is 522 g/mol. The maximum atomic E-state index is 14.2. The van der Waals surface area contributed by atoms with E-state index in [0.29, 0.717) is 17.0 Å². The molecule has 9 heteroatoms. The average Bonchev–Trinajstić information content (AvgIpc) is 2.93. The number of hydrogen-bond acceptors (Lipinski definition) is 6. The van der Waals surface area contributed by atoms with Crippen molar-refractivity contribution in [1.29, 1.82) is 0 Å². The lowest BCUT2D eigenvalue weighted by Crippen LogP contribution is -2.53. The number of carbonyl (C=O) groups is 3. The molecule has 0 bridgehead atoms. The number of ether oxygens (including phenoxy) is 2. The van der Waals surface area contributed by atoms with E-state index < -0.39 is 35.6 Å². The van der Waals surface area contributed by atoms with Gasteiger partial charge in [0, 0.05) is 18.7 Å². The summed E-state index contributed by atoms with van der Waals surface area (Å²) in [7, 11) is 1.55. The molecule has 3 aromatic carbocycles. The Labute approximate surface area is 240 Å². The van der Waals surface area contributed by atoms with Crippen molar-refractivity contribution >= 4 is 23.6 Å². The van der Waals surface area contributed by atoms with Gasteiger partial charge in [-0.05, 0) is 68.3 Å². The highest BCUT2D eigenvalue weighted by Gasteiger charge is 2.36. The molecule has 3 amide bonds. The lowest BCUT2D eigenvalue weighted by molar-refractivity contribution is -0.140. The molecule has 9 nitrogen and oxygen atoms in total. The summed E-state index contributed by atoms with van der Waals surface area (Å²) in [5.74, 6) is -0.369. The molecule has 0 aliphatic rings. The normalized spacial score (nSPS) is 12.4. The van der Waals surface area contributed by atoms with Gasteiger partial charge in [-0.15, -0.1) is 6.58 Å². The van der Waals surface area contributed by atoms with E-state index in [1.54, 1.807) is 64.3 Å². The second-order valence-corrected chi connectivity index (χ2v) is 10.4. The summed E-state index contributed by atoms with van der Waals surface area (Å²) >= 11 is 0. The number of alkyl carbamates (subject to hydrolysis) is 1. The van der Waals surface area contributed by atoms with Crippen molar-refractivity contribution in [1.82, 2.24) is 10.2 Å². The number of aromatic hydroxyl groups is 1. The Morgan fingerprint density at radius 2 is 1.61 bits per heavy atom. The largest absolute Gasteiger partial charge is 0.508 e. The Kier molecular flexibility index (Phi) is 10.5. The van der Waals surface area contributed by atoms with Crippen LogP contribution in [0.1, 0.15) is 37.9 Å². The molecule has 3 N–H and O–H groups in total. The van der Waals surface area contributed by atoms with Gasteiger partial charge in [0.25, 0.3) is 5.91 Å². The maximum absolute atomic E-state index is 14.2. The third-order valence-electron chi connectivity index (χ3n) is 6.01. The van der Waals surface area contributed by atoms with E-state index in [4.69, 9.17) is 9.47 Å². The number of methoxy groups -OCH3 is 1. The van der Waals surface area contributed by atoms with Crippen LogP contribution in [0.25, 0.3) is 0 Å². The van der Waals surface area contributed by atoms with Crippen molar-refractivity contribution in [3.8, 4) is 11.5 Å². The first kappa shape index (κ1) is 30.7. The van der Waals surface area contributed by atoms with Crippen LogP contribution >= 0.6 is 0 Å². The number of phenolic OH excluding ortho intramolecular Hbond substituents is 1. The molecule has 0 radical (unpaired) electrons. The summed E-state index contributed by atoms with van der Waals surface area (Å²) in [5.41, 5.74) is 0.986. The molecule has 0 aliphatic carbocycles. The fourth-order valence-electron chi connectivity index (χ4n) is 4.18. The summed E-state index contributed by atoms with van der Waals surface area (Å²) in [6.07, 6.45) is 0.919. The molecule has 0 fully saturated rings. The highest BCUT2D eigenvalue weighted by Crippen LogP contribution is 2.27. The Balaban J connectivity index is 2.01. The molecule has 41 heavy (non-hydrogen) atoms. The minimum Gasteiger partial charge on any atom is -0.508 e. The average molecular weight is 560 g/mol. The predicted octanol–water partition coefficient (Wildman–Crippen LogP) is 5.23. The van der Waals surface area contributed by atoms with Gasteiger partial charge in [0.1, 0.15) is 29.2 Å². The second kappa shape index (κ2) is 14.0. The topological polar surface area (TPSA) is 117 Å². The maximum Gasteiger partial charge on any atom is 0.408 e. The van der Waals surface area contributed by atoms with Crippen LogP contribution in [0.15, 0.2) is 91.5 Å². The molecule has 2 unspecified atom stereocenters. The molecule has 0 saturated carbocycles. The lowest BCUT2D eigenvalue weighted by atomic mass is 10.00. The Hall–Kier alpha value is -4.79. The summed E-state index contributed by atoms with van der Waals surface area (Å²) in [6, 6.07) is 19.9. The van der Waals surface area contributed by atoms with Crippen molar-refractivity contribution in [2.75, 3.05) is 19.0 Å². The molecule has 0 aliphatic heterocycles. The predicted molar refractivity (Wildman–Crippen MR) is 158 cm³/mol. The van der Waals surface area contributed by atoms with Crippen LogP contribution in [0, 0.1) is 0 Å². The zero-order valence-electron chi connectivity index (χ0n) is 23.8. The molecule has 0 aromatic heterocycles. The molecule has 0 spiro atoms. The molecule has 3 rings (SSSR count). The van der Waals surface area contributed by atoms with Crippen molar-refractivity contribution < 1.29 is 29.0 Å². The number of carbonyl (C=O) groups excluding carboxylic acids is 3. The number of phenols is 1. The van der Waals surface area contributed by atoms with E-state index in [2.05, 4.69) is 17.2 Å². The van der Waals surface area contributed by atoms with Crippen molar-refractivity contribution in [3.63, 3.8) is 0 Å². The molecule has 0 saturated heterocycles. The number of nitrogens with one attached hydrogen (secondary N) is 2. The number of benzene rings is 3. The standard InChI is InChI=1S/C32H37N3O6/c1-6-20-35(30(38)27(21-22-10-8-7-9-11-22)34-31(39)41-32(2,3)4)28(23-12-16-25(36)17-13-23)29(37)33-24-14-18-26(40-5)19-15-24/h6-19,27-28,36H,1,20-21H2,2-5H3,(H,33,37)(H,34,39). The number of amides is 3. The van der Waals surface area contributed by atoms with Gasteiger partial charge >= 0.3 is 6.09 Å². The number of rotatable bonds is 11. The highest BCUT2D eigenvalue weighted by molar-refractivity contribution is 5.99. The fourth-order valence-corrected chi connectivity index (χ4v) is 4.18. The van der Waals surface area contributed by atoms with Gasteiger partial charge in [0.2, 0.25) is 5.91 Å². The summed E-state index contributed by atoms with van der Waals surface area (Å²) in [4.78, 5) is 42.2. The third kappa shape index (κ3) is 9.13. The van der Waals surface area contributed by atoms with Gasteiger partial charge in [-0.1, -0.05) is 48.5 Å². The van der Waals surface area contributed by atoms with Crippen LogP contribution in [0.5, 0.6) is 11.5 Å². The molecule has 3 aromatic rings. The van der Waals surface area contributed by atoms with Crippen LogP contribution in [0.3, 0.4) is 0 Å². The summed E-state index contributed by atoms with van der Waals surface area (Å²) in [6.45, 7) is 8.99. The smallest absolute Gasteiger partial charge is 0.408 e. The van der Waals surface area contributed by atoms with Gasteiger partial charge in [-0.3, -0.25) is 9.59 Å².